The van der Waals surface area contributed by atoms with Gasteiger partial charge in [0.1, 0.15) is 19.3 Å². The summed E-state index contributed by atoms with van der Waals surface area (Å²) in [6, 6.07) is 13.9. The minimum absolute atomic E-state index is 0.0222. The Morgan fingerprint density at radius 3 is 2.27 bits per heavy atom. The van der Waals surface area contributed by atoms with Crippen molar-refractivity contribution in [2.75, 3.05) is 0 Å². The van der Waals surface area contributed by atoms with Gasteiger partial charge in [-0.05, 0) is 52.0 Å². The molecule has 33 heavy (non-hydrogen) atoms. The predicted octanol–water partition coefficient (Wildman–Crippen LogP) is 5.96. The van der Waals surface area contributed by atoms with Gasteiger partial charge in [-0.1, -0.05) is 65.2 Å². The van der Waals surface area contributed by atoms with E-state index in [1.807, 2.05) is 12.1 Å². The van der Waals surface area contributed by atoms with Crippen LogP contribution in [0.15, 0.2) is 53.5 Å². The van der Waals surface area contributed by atoms with Gasteiger partial charge in [0.25, 0.3) is 0 Å². The number of halogens is 1. The maximum Gasteiger partial charge on any atom is 0.166 e. The predicted molar refractivity (Wildman–Crippen MR) is 140 cm³/mol. The van der Waals surface area contributed by atoms with Crippen LogP contribution in [-0.4, -0.2) is 19.2 Å². The van der Waals surface area contributed by atoms with Crippen molar-refractivity contribution in [3.8, 4) is 17.2 Å². The zero-order valence-corrected chi connectivity index (χ0v) is 21.2. The highest BCUT2D eigenvalue weighted by atomic mass is 31.0. The number of aromatic hydroxyl groups is 1. The largest absolute Gasteiger partial charge is 0.507 e. The zero-order chi connectivity index (χ0) is 24.6. The number of ether oxygens (including phenoxy) is 1. The lowest BCUT2D eigenvalue weighted by atomic mass is 9.79. The SMILES string of the molecule is [B]c1cc(Oc2ccccc2N=Cc2cc(C(C)(C)C)cc(C(C)(C)C)c2O)c(F)cc1P. The summed E-state index contributed by atoms with van der Waals surface area (Å²) in [6.45, 7) is 12.6. The summed E-state index contributed by atoms with van der Waals surface area (Å²) in [6.07, 6.45) is 1.62. The van der Waals surface area contributed by atoms with Gasteiger partial charge in [0.05, 0.1) is 0 Å². The summed E-state index contributed by atoms with van der Waals surface area (Å²) in [5, 5.41) is 11.6. The van der Waals surface area contributed by atoms with Crippen molar-refractivity contribution in [3.05, 3.63) is 71.0 Å². The molecule has 0 heterocycles. The maximum atomic E-state index is 14.4. The van der Waals surface area contributed by atoms with E-state index in [1.165, 1.54) is 12.1 Å². The summed E-state index contributed by atoms with van der Waals surface area (Å²) < 4.78 is 20.2. The third kappa shape index (κ3) is 5.84. The van der Waals surface area contributed by atoms with Gasteiger partial charge in [-0.3, -0.25) is 4.99 Å². The van der Waals surface area contributed by atoms with Crippen molar-refractivity contribution in [2.24, 2.45) is 4.99 Å². The summed E-state index contributed by atoms with van der Waals surface area (Å²) in [7, 11) is 8.30. The molecule has 0 amide bonds. The Hall–Kier alpha value is -2.65. The molecule has 6 heteroatoms. The van der Waals surface area contributed by atoms with Crippen LogP contribution in [0.5, 0.6) is 17.2 Å². The Kier molecular flexibility index (Phi) is 7.05. The Morgan fingerprint density at radius 1 is 0.970 bits per heavy atom. The quantitative estimate of drug-likeness (QED) is 0.296. The van der Waals surface area contributed by atoms with E-state index >= 15 is 0 Å². The van der Waals surface area contributed by atoms with Crippen molar-refractivity contribution < 1.29 is 14.2 Å². The van der Waals surface area contributed by atoms with Crippen molar-refractivity contribution in [2.45, 2.75) is 52.4 Å². The van der Waals surface area contributed by atoms with Crippen molar-refractivity contribution in [3.63, 3.8) is 0 Å². The van der Waals surface area contributed by atoms with Gasteiger partial charge in [0.15, 0.2) is 17.3 Å². The average molecular weight is 461 g/mol. The second-order valence-corrected chi connectivity index (χ2v) is 10.8. The first-order valence-electron chi connectivity index (χ1n) is 10.8. The van der Waals surface area contributed by atoms with Crippen LogP contribution in [0.2, 0.25) is 0 Å². The Bertz CT molecular complexity index is 1210. The average Bonchev–Trinajstić information content (AvgIpc) is 2.70. The molecule has 3 nitrogen and oxygen atoms in total. The standard InChI is InChI=1S/C27H30BFNO2P/c1-26(2,3)17-11-16(25(31)18(12-17)27(4,5)6)15-30-21-9-7-8-10-22(21)32-23-13-19(28)24(33)14-20(23)29/h7-15,31H,33H2,1-6H3. The molecule has 3 rings (SSSR count). The minimum atomic E-state index is -0.515. The molecular formula is C27H30BFNO2P. The van der Waals surface area contributed by atoms with E-state index in [-0.39, 0.29) is 22.3 Å². The van der Waals surface area contributed by atoms with E-state index in [0.717, 1.165) is 11.1 Å². The summed E-state index contributed by atoms with van der Waals surface area (Å²) >= 11 is 0. The molecule has 0 aliphatic heterocycles. The summed E-state index contributed by atoms with van der Waals surface area (Å²) in [5.74, 6) is 0.0887. The normalized spacial score (nSPS) is 12.4. The van der Waals surface area contributed by atoms with Crippen molar-refractivity contribution in [1.82, 2.24) is 0 Å². The minimum Gasteiger partial charge on any atom is -0.507 e. The summed E-state index contributed by atoms with van der Waals surface area (Å²) in [4.78, 5) is 4.58. The van der Waals surface area contributed by atoms with Crippen LogP contribution >= 0.6 is 9.24 Å². The molecule has 170 valence electrons. The summed E-state index contributed by atoms with van der Waals surface area (Å²) in [5.41, 5.74) is 3.15. The van der Waals surface area contributed by atoms with Gasteiger partial charge in [0.2, 0.25) is 0 Å². The fraction of sp³-hybridized carbons (Fsp3) is 0.296. The first kappa shape index (κ1) is 25.0. The second-order valence-electron chi connectivity index (χ2n) is 10.2. The Balaban J connectivity index is 2.04. The topological polar surface area (TPSA) is 41.8 Å². The molecule has 1 unspecified atom stereocenters. The Morgan fingerprint density at radius 2 is 1.64 bits per heavy atom. The molecule has 0 saturated carbocycles. The molecule has 0 spiro atoms. The van der Waals surface area contributed by atoms with Crippen molar-refractivity contribution in [1.29, 1.82) is 0 Å². The molecule has 0 saturated heterocycles. The number of hydrogen-bond acceptors (Lipinski definition) is 3. The number of benzene rings is 3. The smallest absolute Gasteiger partial charge is 0.166 e. The van der Waals surface area contributed by atoms with Crippen molar-refractivity contribution >= 4 is 39.8 Å². The third-order valence-corrected chi connectivity index (χ3v) is 5.88. The van der Waals surface area contributed by atoms with E-state index in [9.17, 15) is 9.50 Å². The number of para-hydroxylation sites is 2. The lowest BCUT2D eigenvalue weighted by Gasteiger charge is -2.27. The molecule has 1 N–H and O–H groups in total. The first-order valence-corrected chi connectivity index (χ1v) is 11.4. The molecule has 0 aliphatic rings. The van der Waals surface area contributed by atoms with Gasteiger partial charge in [-0.15, -0.1) is 9.24 Å². The number of hydrogen-bond donors (Lipinski definition) is 1. The molecule has 0 bridgehead atoms. The zero-order valence-electron chi connectivity index (χ0n) is 20.0. The van der Waals surface area contributed by atoms with Gasteiger partial charge in [0, 0.05) is 17.3 Å². The van der Waals surface area contributed by atoms with Crippen LogP contribution in [0.4, 0.5) is 10.1 Å². The molecule has 2 radical (unpaired) electrons. The van der Waals surface area contributed by atoms with Gasteiger partial charge < -0.3 is 9.84 Å². The van der Waals surface area contributed by atoms with E-state index in [0.29, 0.717) is 27.8 Å². The highest BCUT2D eigenvalue weighted by molar-refractivity contribution is 7.28. The molecule has 0 fully saturated rings. The van der Waals surface area contributed by atoms with Crippen LogP contribution in [-0.2, 0) is 10.8 Å². The number of aliphatic imine (C=N–C) groups is 1. The fourth-order valence-corrected chi connectivity index (χ4v) is 3.56. The highest BCUT2D eigenvalue weighted by Gasteiger charge is 2.24. The van der Waals surface area contributed by atoms with Crippen LogP contribution in [0, 0.1) is 5.82 Å². The monoisotopic (exact) mass is 461 g/mol. The molecule has 3 aromatic carbocycles. The van der Waals surface area contributed by atoms with Gasteiger partial charge in [-0.2, -0.15) is 0 Å². The van der Waals surface area contributed by atoms with E-state index in [4.69, 9.17) is 12.6 Å². The van der Waals surface area contributed by atoms with E-state index < -0.39 is 5.82 Å². The van der Waals surface area contributed by atoms with Gasteiger partial charge in [-0.25, -0.2) is 4.39 Å². The second kappa shape index (κ2) is 9.31. The third-order valence-electron chi connectivity index (χ3n) is 5.38. The van der Waals surface area contributed by atoms with Crippen LogP contribution in [0.25, 0.3) is 0 Å². The molecule has 3 aromatic rings. The van der Waals surface area contributed by atoms with Crippen LogP contribution in [0.3, 0.4) is 0 Å². The Labute approximate surface area is 199 Å². The van der Waals surface area contributed by atoms with Crippen LogP contribution in [0.1, 0.15) is 58.2 Å². The number of phenolic OH excluding ortho intramolecular Hbond substituents is 1. The van der Waals surface area contributed by atoms with E-state index in [2.05, 4.69) is 61.8 Å². The first-order chi connectivity index (χ1) is 15.3. The van der Waals surface area contributed by atoms with Crippen LogP contribution < -0.4 is 15.5 Å². The number of nitrogens with zero attached hydrogens (tertiary/aromatic N) is 1. The molecule has 1 atom stereocenters. The molecular weight excluding hydrogens is 431 g/mol. The molecule has 0 aliphatic carbocycles. The lowest BCUT2D eigenvalue weighted by molar-refractivity contribution is 0.443. The lowest BCUT2D eigenvalue weighted by Crippen LogP contribution is -2.19. The maximum absolute atomic E-state index is 14.4. The highest BCUT2D eigenvalue weighted by Crippen LogP contribution is 2.38. The number of rotatable bonds is 4. The number of phenols is 1. The fourth-order valence-electron chi connectivity index (χ4n) is 3.33. The van der Waals surface area contributed by atoms with E-state index in [1.54, 1.807) is 24.4 Å². The van der Waals surface area contributed by atoms with Gasteiger partial charge >= 0.3 is 0 Å². The molecule has 0 aromatic heterocycles.